The minimum Gasteiger partial charge on any atom is -0.370 e. The predicted molar refractivity (Wildman–Crippen MR) is 93.9 cm³/mol. The first-order valence-corrected chi connectivity index (χ1v) is 9.97. The molecule has 1 aliphatic rings. The lowest BCUT2D eigenvalue weighted by Gasteiger charge is -2.11. The zero-order valence-corrected chi connectivity index (χ0v) is 14.9. The van der Waals surface area contributed by atoms with Gasteiger partial charge in [0.1, 0.15) is 0 Å². The Morgan fingerprint density at radius 3 is 1.24 bits per heavy atom. The summed E-state index contributed by atoms with van der Waals surface area (Å²) in [5.41, 5.74) is 0.340. The van der Waals surface area contributed by atoms with Crippen molar-refractivity contribution in [2.75, 3.05) is 6.61 Å². The molecule has 1 fully saturated rings. The van der Waals surface area contributed by atoms with Gasteiger partial charge in [-0.2, -0.15) is 0 Å². The van der Waals surface area contributed by atoms with Gasteiger partial charge in [-0.1, -0.05) is 104 Å². The van der Waals surface area contributed by atoms with E-state index in [2.05, 4.69) is 13.8 Å². The number of rotatable bonds is 16. The maximum atomic E-state index is 5.79. The summed E-state index contributed by atoms with van der Waals surface area (Å²) in [5.74, 6) is 0. The van der Waals surface area contributed by atoms with Crippen LogP contribution in [0.1, 0.15) is 117 Å². The fourth-order valence-electron chi connectivity index (χ4n) is 3.32. The third-order valence-electron chi connectivity index (χ3n) is 5.02. The second kappa shape index (κ2) is 12.5. The Bertz CT molecular complexity index is 200. The summed E-state index contributed by atoms with van der Waals surface area (Å²) in [7, 11) is 0. The summed E-state index contributed by atoms with van der Waals surface area (Å²) < 4.78 is 5.79. The second-order valence-electron chi connectivity index (χ2n) is 7.21. The normalized spacial score (nSPS) is 16.3. The van der Waals surface area contributed by atoms with Crippen LogP contribution in [0.3, 0.4) is 0 Å². The standard InChI is InChI=1S/C20H40O/c1-3-5-7-9-11-13-15-17-20(19-21-20)18-16-14-12-10-8-6-4-2/h3-19H2,1-2H3. The van der Waals surface area contributed by atoms with Gasteiger partial charge in [0.15, 0.2) is 0 Å². The van der Waals surface area contributed by atoms with Gasteiger partial charge in [-0.05, 0) is 12.8 Å². The fourth-order valence-corrected chi connectivity index (χ4v) is 3.32. The molecule has 0 aliphatic carbocycles. The molecule has 1 saturated heterocycles. The van der Waals surface area contributed by atoms with Crippen molar-refractivity contribution in [1.82, 2.24) is 0 Å². The zero-order chi connectivity index (χ0) is 15.2. The van der Waals surface area contributed by atoms with Gasteiger partial charge in [0.05, 0.1) is 12.2 Å². The maximum Gasteiger partial charge on any atom is 0.0916 e. The van der Waals surface area contributed by atoms with Crippen molar-refractivity contribution >= 4 is 0 Å². The third-order valence-corrected chi connectivity index (χ3v) is 5.02. The Labute approximate surface area is 134 Å². The van der Waals surface area contributed by atoms with Crippen LogP contribution in [0.2, 0.25) is 0 Å². The molecule has 126 valence electrons. The molecule has 0 aromatic rings. The van der Waals surface area contributed by atoms with Crippen LogP contribution in [-0.2, 0) is 4.74 Å². The van der Waals surface area contributed by atoms with Crippen LogP contribution < -0.4 is 0 Å². The van der Waals surface area contributed by atoms with E-state index in [0.717, 1.165) is 6.61 Å². The van der Waals surface area contributed by atoms with E-state index >= 15 is 0 Å². The first-order valence-electron chi connectivity index (χ1n) is 9.97. The van der Waals surface area contributed by atoms with Gasteiger partial charge in [-0.15, -0.1) is 0 Å². The van der Waals surface area contributed by atoms with Crippen molar-refractivity contribution in [2.24, 2.45) is 0 Å². The molecule has 0 saturated carbocycles. The number of hydrogen-bond donors (Lipinski definition) is 0. The second-order valence-corrected chi connectivity index (χ2v) is 7.21. The third kappa shape index (κ3) is 10.3. The lowest BCUT2D eigenvalue weighted by atomic mass is 9.94. The molecule has 1 heteroatoms. The minimum absolute atomic E-state index is 0.340. The summed E-state index contributed by atoms with van der Waals surface area (Å²) in [4.78, 5) is 0. The van der Waals surface area contributed by atoms with Crippen LogP contribution in [0.5, 0.6) is 0 Å². The molecular weight excluding hydrogens is 256 g/mol. The van der Waals surface area contributed by atoms with Crippen LogP contribution in [0, 0.1) is 0 Å². The van der Waals surface area contributed by atoms with E-state index in [0.29, 0.717) is 5.60 Å². The van der Waals surface area contributed by atoms with Gasteiger partial charge in [0.2, 0.25) is 0 Å². The van der Waals surface area contributed by atoms with Gasteiger partial charge >= 0.3 is 0 Å². The minimum atomic E-state index is 0.340. The maximum absolute atomic E-state index is 5.79. The molecule has 0 atom stereocenters. The van der Waals surface area contributed by atoms with Crippen molar-refractivity contribution in [1.29, 1.82) is 0 Å². The molecule has 1 aliphatic heterocycles. The first kappa shape index (κ1) is 19.0. The SMILES string of the molecule is CCCCCCCCCC1(CCCCCCCCC)CO1. The van der Waals surface area contributed by atoms with E-state index in [4.69, 9.17) is 4.74 Å². The Morgan fingerprint density at radius 2 is 0.905 bits per heavy atom. The topological polar surface area (TPSA) is 12.5 Å². The van der Waals surface area contributed by atoms with Gasteiger partial charge in [-0.3, -0.25) is 0 Å². The Morgan fingerprint density at radius 1 is 0.571 bits per heavy atom. The predicted octanol–water partition coefficient (Wildman–Crippen LogP) is 7.04. The van der Waals surface area contributed by atoms with E-state index in [1.54, 1.807) is 0 Å². The van der Waals surface area contributed by atoms with Crippen molar-refractivity contribution in [3.63, 3.8) is 0 Å². The molecule has 0 unspecified atom stereocenters. The van der Waals surface area contributed by atoms with Crippen molar-refractivity contribution in [3.05, 3.63) is 0 Å². The van der Waals surface area contributed by atoms with Crippen LogP contribution in [0.25, 0.3) is 0 Å². The van der Waals surface area contributed by atoms with Crippen LogP contribution in [-0.4, -0.2) is 12.2 Å². The molecule has 0 radical (unpaired) electrons. The van der Waals surface area contributed by atoms with E-state index in [1.807, 2.05) is 0 Å². The molecule has 1 rings (SSSR count). The molecule has 0 bridgehead atoms. The molecule has 1 nitrogen and oxygen atoms in total. The van der Waals surface area contributed by atoms with E-state index in [1.165, 1.54) is 103 Å². The molecule has 0 amide bonds. The first-order chi connectivity index (χ1) is 10.3. The number of epoxide rings is 1. The molecule has 0 N–H and O–H groups in total. The smallest absolute Gasteiger partial charge is 0.0916 e. The highest BCUT2D eigenvalue weighted by molar-refractivity contribution is 4.91. The number of ether oxygens (including phenoxy) is 1. The highest BCUT2D eigenvalue weighted by Gasteiger charge is 2.42. The summed E-state index contributed by atoms with van der Waals surface area (Å²) in [6.07, 6.45) is 22.5. The fraction of sp³-hybridized carbons (Fsp3) is 1.00. The summed E-state index contributed by atoms with van der Waals surface area (Å²) in [6, 6.07) is 0. The quantitative estimate of drug-likeness (QED) is 0.220. The largest absolute Gasteiger partial charge is 0.370 e. The van der Waals surface area contributed by atoms with Crippen LogP contribution in [0.4, 0.5) is 0 Å². The lowest BCUT2D eigenvalue weighted by Crippen LogP contribution is -2.10. The molecule has 1 heterocycles. The lowest BCUT2D eigenvalue weighted by molar-refractivity contribution is 0.260. The Kier molecular flexibility index (Phi) is 11.3. The van der Waals surface area contributed by atoms with Crippen molar-refractivity contribution < 1.29 is 4.74 Å². The molecular formula is C20H40O. The molecule has 0 spiro atoms. The number of unbranched alkanes of at least 4 members (excludes halogenated alkanes) is 12. The Balaban J connectivity index is 1.85. The molecule has 0 aromatic heterocycles. The van der Waals surface area contributed by atoms with E-state index < -0.39 is 0 Å². The summed E-state index contributed by atoms with van der Waals surface area (Å²) >= 11 is 0. The highest BCUT2D eigenvalue weighted by atomic mass is 16.6. The van der Waals surface area contributed by atoms with Crippen molar-refractivity contribution in [3.8, 4) is 0 Å². The van der Waals surface area contributed by atoms with Gasteiger partial charge in [0.25, 0.3) is 0 Å². The monoisotopic (exact) mass is 296 g/mol. The summed E-state index contributed by atoms with van der Waals surface area (Å²) in [6.45, 7) is 5.63. The number of hydrogen-bond acceptors (Lipinski definition) is 1. The van der Waals surface area contributed by atoms with Crippen molar-refractivity contribution in [2.45, 2.75) is 122 Å². The van der Waals surface area contributed by atoms with E-state index in [9.17, 15) is 0 Å². The van der Waals surface area contributed by atoms with Gasteiger partial charge in [0, 0.05) is 0 Å². The average Bonchev–Trinajstić information content (AvgIpc) is 3.26. The molecule has 21 heavy (non-hydrogen) atoms. The molecule has 0 aromatic carbocycles. The zero-order valence-electron chi connectivity index (χ0n) is 14.9. The van der Waals surface area contributed by atoms with Crippen LogP contribution >= 0.6 is 0 Å². The average molecular weight is 297 g/mol. The highest BCUT2D eigenvalue weighted by Crippen LogP contribution is 2.38. The van der Waals surface area contributed by atoms with Crippen LogP contribution in [0.15, 0.2) is 0 Å². The van der Waals surface area contributed by atoms with E-state index in [-0.39, 0.29) is 0 Å². The van der Waals surface area contributed by atoms with Gasteiger partial charge in [-0.25, -0.2) is 0 Å². The Hall–Kier alpha value is -0.0400. The van der Waals surface area contributed by atoms with Gasteiger partial charge < -0.3 is 4.74 Å². The summed E-state index contributed by atoms with van der Waals surface area (Å²) in [5, 5.41) is 0.